The summed E-state index contributed by atoms with van der Waals surface area (Å²) in [6.07, 6.45) is 1.90. The van der Waals surface area contributed by atoms with Crippen LogP contribution in [0.3, 0.4) is 0 Å². The van der Waals surface area contributed by atoms with Gasteiger partial charge in [-0.25, -0.2) is 4.39 Å². The van der Waals surface area contributed by atoms with Crippen LogP contribution in [0.5, 0.6) is 0 Å². The Morgan fingerprint density at radius 1 is 1.33 bits per heavy atom. The van der Waals surface area contributed by atoms with Gasteiger partial charge in [-0.15, -0.1) is 0 Å². The summed E-state index contributed by atoms with van der Waals surface area (Å²) in [5.74, 6) is 0.732. The molecule has 1 heterocycles. The van der Waals surface area contributed by atoms with Crippen molar-refractivity contribution in [2.45, 2.75) is 33.2 Å². The summed E-state index contributed by atoms with van der Waals surface area (Å²) in [6, 6.07) is 4.96. The number of benzene rings is 1. The third-order valence-corrected chi connectivity index (χ3v) is 4.03. The van der Waals surface area contributed by atoms with E-state index in [4.69, 9.17) is 0 Å². The Morgan fingerprint density at radius 2 is 2.06 bits per heavy atom. The minimum absolute atomic E-state index is 0.261. The van der Waals surface area contributed by atoms with Gasteiger partial charge in [-0.2, -0.15) is 0 Å². The fourth-order valence-corrected chi connectivity index (χ4v) is 2.94. The Labute approximate surface area is 108 Å². The van der Waals surface area contributed by atoms with Gasteiger partial charge >= 0.3 is 0 Å². The van der Waals surface area contributed by atoms with Gasteiger partial charge in [0.05, 0.1) is 5.69 Å². The third-order valence-electron chi connectivity index (χ3n) is 4.03. The van der Waals surface area contributed by atoms with Gasteiger partial charge in [0.1, 0.15) is 5.82 Å². The molecule has 0 aliphatic carbocycles. The summed E-state index contributed by atoms with van der Waals surface area (Å²) < 4.78 is 14.0. The molecule has 98 valence electrons. The highest BCUT2D eigenvalue weighted by Gasteiger charge is 2.31. The van der Waals surface area contributed by atoms with Crippen molar-refractivity contribution in [2.24, 2.45) is 11.8 Å². The lowest BCUT2D eigenvalue weighted by atomic mass is 9.85. The Hall–Kier alpha value is -1.38. The van der Waals surface area contributed by atoms with Crippen LogP contribution in [0, 0.1) is 17.7 Å². The molecule has 0 bridgehead atoms. The number of rotatable bonds is 2. The van der Waals surface area contributed by atoms with Gasteiger partial charge < -0.3 is 4.90 Å². The van der Waals surface area contributed by atoms with Gasteiger partial charge in [-0.05, 0) is 37.3 Å². The van der Waals surface area contributed by atoms with Crippen LogP contribution in [0.1, 0.15) is 37.6 Å². The van der Waals surface area contributed by atoms with E-state index in [2.05, 4.69) is 25.7 Å². The molecule has 1 aromatic rings. The first-order valence-electron chi connectivity index (χ1n) is 6.55. The number of hydrogen-bond acceptors (Lipinski definition) is 2. The van der Waals surface area contributed by atoms with Crippen LogP contribution in [0.15, 0.2) is 18.2 Å². The quantitative estimate of drug-likeness (QED) is 0.748. The second-order valence-corrected chi connectivity index (χ2v) is 5.51. The van der Waals surface area contributed by atoms with E-state index in [9.17, 15) is 9.18 Å². The van der Waals surface area contributed by atoms with Crippen molar-refractivity contribution in [3.05, 3.63) is 29.6 Å². The minimum atomic E-state index is -0.298. The Bertz CT molecular complexity index is 446. The molecule has 1 aliphatic heterocycles. The van der Waals surface area contributed by atoms with Gasteiger partial charge in [-0.3, -0.25) is 4.79 Å². The highest BCUT2D eigenvalue weighted by Crippen LogP contribution is 2.34. The maximum atomic E-state index is 14.0. The number of piperidine rings is 1. The molecule has 0 spiro atoms. The monoisotopic (exact) mass is 249 g/mol. The summed E-state index contributed by atoms with van der Waals surface area (Å²) in [5, 5.41) is 0. The zero-order valence-electron chi connectivity index (χ0n) is 11.2. The number of carbonyl (C=O) groups excluding carboxylic acids is 1. The second kappa shape index (κ2) is 5.09. The molecule has 1 saturated heterocycles. The second-order valence-electron chi connectivity index (χ2n) is 5.51. The van der Waals surface area contributed by atoms with Crippen molar-refractivity contribution in [1.29, 1.82) is 0 Å². The summed E-state index contributed by atoms with van der Waals surface area (Å²) in [7, 11) is 0. The highest BCUT2D eigenvalue weighted by atomic mass is 19.1. The van der Waals surface area contributed by atoms with E-state index in [1.807, 2.05) is 0 Å². The van der Waals surface area contributed by atoms with E-state index in [1.54, 1.807) is 12.1 Å². The minimum Gasteiger partial charge on any atom is -0.365 e. The highest BCUT2D eigenvalue weighted by molar-refractivity contribution is 5.85. The molecule has 2 nitrogen and oxygen atoms in total. The van der Waals surface area contributed by atoms with Crippen LogP contribution >= 0.6 is 0 Å². The third kappa shape index (κ3) is 2.26. The van der Waals surface area contributed by atoms with E-state index >= 15 is 0 Å². The van der Waals surface area contributed by atoms with Crippen molar-refractivity contribution in [3.8, 4) is 0 Å². The molecule has 0 N–H and O–H groups in total. The number of carbonyl (C=O) groups is 1. The number of anilines is 1. The zero-order chi connectivity index (χ0) is 13.3. The number of nitrogens with zero attached hydrogens (tertiary/aromatic N) is 1. The summed E-state index contributed by atoms with van der Waals surface area (Å²) >= 11 is 0. The largest absolute Gasteiger partial charge is 0.365 e. The number of halogens is 1. The lowest BCUT2D eigenvalue weighted by molar-refractivity contribution is 0.112. The topological polar surface area (TPSA) is 20.3 Å². The first-order valence-corrected chi connectivity index (χ1v) is 6.55. The molecule has 0 amide bonds. The summed E-state index contributed by atoms with van der Waals surface area (Å²) in [4.78, 5) is 13.2. The fourth-order valence-electron chi connectivity index (χ4n) is 2.94. The first-order chi connectivity index (χ1) is 8.54. The molecule has 3 atom stereocenters. The van der Waals surface area contributed by atoms with Gasteiger partial charge in [0, 0.05) is 18.2 Å². The first kappa shape index (κ1) is 13.1. The van der Waals surface area contributed by atoms with E-state index in [0.29, 0.717) is 23.1 Å². The predicted octanol–water partition coefficient (Wildman–Crippen LogP) is 3.51. The summed E-state index contributed by atoms with van der Waals surface area (Å²) in [6.45, 7) is 7.29. The molecule has 0 radical (unpaired) electrons. The lowest BCUT2D eigenvalue weighted by Gasteiger charge is -2.43. The average Bonchev–Trinajstić information content (AvgIpc) is 2.33. The Balaban J connectivity index is 2.43. The molecule has 2 rings (SSSR count). The molecular weight excluding hydrogens is 229 g/mol. The fraction of sp³-hybridized carbons (Fsp3) is 0.533. The normalized spacial score (nSPS) is 28.2. The van der Waals surface area contributed by atoms with Crippen LogP contribution in [-0.4, -0.2) is 18.9 Å². The maximum absolute atomic E-state index is 14.0. The standard InChI is InChI=1S/C15H20FNO/c1-10-7-11(2)12(3)17(8-10)15-13(9-18)5-4-6-14(15)16/h4-6,9-12H,7-8H2,1-3H3. The van der Waals surface area contributed by atoms with Crippen LogP contribution in [0.25, 0.3) is 0 Å². The summed E-state index contributed by atoms with van der Waals surface area (Å²) in [5.41, 5.74) is 0.918. The van der Waals surface area contributed by atoms with Crippen molar-refractivity contribution in [3.63, 3.8) is 0 Å². The number of para-hydroxylation sites is 1. The molecule has 3 unspecified atom stereocenters. The van der Waals surface area contributed by atoms with Crippen LogP contribution in [0.2, 0.25) is 0 Å². The van der Waals surface area contributed by atoms with Crippen molar-refractivity contribution >= 4 is 12.0 Å². The lowest BCUT2D eigenvalue weighted by Crippen LogP contribution is -2.46. The number of hydrogen-bond donors (Lipinski definition) is 0. The van der Waals surface area contributed by atoms with Crippen LogP contribution in [0.4, 0.5) is 10.1 Å². The molecule has 1 fully saturated rings. The average molecular weight is 249 g/mol. The molecule has 0 saturated carbocycles. The number of aldehydes is 1. The van der Waals surface area contributed by atoms with Gasteiger partial charge in [0.15, 0.2) is 6.29 Å². The molecule has 3 heteroatoms. The van der Waals surface area contributed by atoms with Crippen LogP contribution < -0.4 is 4.90 Å². The molecule has 1 aromatic carbocycles. The maximum Gasteiger partial charge on any atom is 0.152 e. The van der Waals surface area contributed by atoms with E-state index < -0.39 is 0 Å². The Kier molecular flexibility index (Phi) is 3.69. The van der Waals surface area contributed by atoms with E-state index in [1.165, 1.54) is 6.07 Å². The van der Waals surface area contributed by atoms with E-state index in [-0.39, 0.29) is 11.9 Å². The molecule has 0 aromatic heterocycles. The van der Waals surface area contributed by atoms with Crippen LogP contribution in [-0.2, 0) is 0 Å². The van der Waals surface area contributed by atoms with Crippen molar-refractivity contribution in [2.75, 3.05) is 11.4 Å². The SMILES string of the molecule is CC1CC(C)C(C)N(c2c(F)cccc2C=O)C1. The van der Waals surface area contributed by atoms with E-state index in [0.717, 1.165) is 19.3 Å². The molecule has 18 heavy (non-hydrogen) atoms. The van der Waals surface area contributed by atoms with Crippen molar-refractivity contribution in [1.82, 2.24) is 0 Å². The van der Waals surface area contributed by atoms with Gasteiger partial charge in [-0.1, -0.05) is 19.9 Å². The van der Waals surface area contributed by atoms with Gasteiger partial charge in [0.25, 0.3) is 0 Å². The molecular formula is C15H20FNO. The zero-order valence-corrected chi connectivity index (χ0v) is 11.2. The smallest absolute Gasteiger partial charge is 0.152 e. The predicted molar refractivity (Wildman–Crippen MR) is 71.5 cm³/mol. The van der Waals surface area contributed by atoms with Gasteiger partial charge in [0.2, 0.25) is 0 Å². The Morgan fingerprint density at radius 3 is 2.72 bits per heavy atom. The molecule has 1 aliphatic rings. The van der Waals surface area contributed by atoms with Crippen molar-refractivity contribution < 1.29 is 9.18 Å².